The maximum Gasteiger partial charge on any atom is 0.172 e. The van der Waals surface area contributed by atoms with Gasteiger partial charge in [-0.15, -0.1) is 0 Å². The van der Waals surface area contributed by atoms with E-state index in [1.165, 1.54) is 11.1 Å². The lowest BCUT2D eigenvalue weighted by Crippen LogP contribution is -2.23. The Balaban J connectivity index is 2.37. The van der Waals surface area contributed by atoms with Crippen LogP contribution in [0.3, 0.4) is 0 Å². The van der Waals surface area contributed by atoms with Crippen molar-refractivity contribution in [3.63, 3.8) is 0 Å². The van der Waals surface area contributed by atoms with E-state index in [1.807, 2.05) is 44.3 Å². The topological polar surface area (TPSA) is 61.9 Å². The monoisotopic (exact) mass is 283 g/mol. The molecule has 2 aromatic rings. The van der Waals surface area contributed by atoms with Crippen LogP contribution in [0.1, 0.15) is 22.3 Å². The summed E-state index contributed by atoms with van der Waals surface area (Å²) >= 11 is 0. The predicted octanol–water partition coefficient (Wildman–Crippen LogP) is 3.03. The minimum atomic E-state index is 0.127. The molecule has 3 N–H and O–H groups in total. The highest BCUT2D eigenvalue weighted by Crippen LogP contribution is 2.23. The van der Waals surface area contributed by atoms with Crippen molar-refractivity contribution in [2.24, 2.45) is 10.9 Å². The first-order chi connectivity index (χ1) is 10.0. The Morgan fingerprint density at radius 3 is 2.57 bits per heavy atom. The first kappa shape index (κ1) is 14.9. The summed E-state index contributed by atoms with van der Waals surface area (Å²) in [6, 6.07) is 14.2. The maximum atomic E-state index is 8.94. The number of nitrogens with two attached hydrogens (primary N) is 1. The van der Waals surface area contributed by atoms with Gasteiger partial charge in [0, 0.05) is 24.8 Å². The molecular weight excluding hydrogens is 262 g/mol. The van der Waals surface area contributed by atoms with E-state index in [1.54, 1.807) is 0 Å². The van der Waals surface area contributed by atoms with E-state index < -0.39 is 0 Å². The molecule has 0 unspecified atom stereocenters. The van der Waals surface area contributed by atoms with Crippen LogP contribution in [-0.4, -0.2) is 18.1 Å². The first-order valence-electron chi connectivity index (χ1n) is 6.87. The number of hydrogen-bond donors (Lipinski definition) is 2. The quantitative estimate of drug-likeness (QED) is 0.392. The van der Waals surface area contributed by atoms with Crippen LogP contribution in [0.4, 0.5) is 5.69 Å². The zero-order valence-electron chi connectivity index (χ0n) is 12.7. The summed E-state index contributed by atoms with van der Waals surface area (Å²) in [5, 5.41) is 12.1. The minimum absolute atomic E-state index is 0.127. The number of nitrogens with zero attached hydrogens (tertiary/aromatic N) is 2. The Labute approximate surface area is 125 Å². The Morgan fingerprint density at radius 1 is 1.19 bits per heavy atom. The number of hydrogen-bond acceptors (Lipinski definition) is 3. The second kappa shape index (κ2) is 6.31. The summed E-state index contributed by atoms with van der Waals surface area (Å²) < 4.78 is 0. The molecule has 0 saturated heterocycles. The fourth-order valence-electron chi connectivity index (χ4n) is 2.36. The van der Waals surface area contributed by atoms with Crippen LogP contribution in [0, 0.1) is 13.8 Å². The SMILES string of the molecule is Cc1ccc(C(N)=NO)c(N(C)Cc2ccccc2C)c1. The van der Waals surface area contributed by atoms with Crippen LogP contribution in [-0.2, 0) is 6.54 Å². The summed E-state index contributed by atoms with van der Waals surface area (Å²) in [4.78, 5) is 2.11. The average molecular weight is 283 g/mol. The molecule has 0 bridgehead atoms. The van der Waals surface area contributed by atoms with Crippen molar-refractivity contribution in [2.75, 3.05) is 11.9 Å². The van der Waals surface area contributed by atoms with Crippen LogP contribution in [0.5, 0.6) is 0 Å². The molecule has 0 atom stereocenters. The molecule has 4 heteroatoms. The third-order valence-corrected chi connectivity index (χ3v) is 3.62. The van der Waals surface area contributed by atoms with E-state index >= 15 is 0 Å². The van der Waals surface area contributed by atoms with Crippen molar-refractivity contribution in [1.29, 1.82) is 0 Å². The number of amidine groups is 1. The van der Waals surface area contributed by atoms with Crippen molar-refractivity contribution in [3.8, 4) is 0 Å². The van der Waals surface area contributed by atoms with Gasteiger partial charge in [-0.05, 0) is 42.7 Å². The third-order valence-electron chi connectivity index (χ3n) is 3.62. The zero-order chi connectivity index (χ0) is 15.4. The smallest absolute Gasteiger partial charge is 0.172 e. The van der Waals surface area contributed by atoms with Crippen molar-refractivity contribution in [3.05, 3.63) is 64.7 Å². The molecule has 2 aromatic carbocycles. The highest BCUT2D eigenvalue weighted by molar-refractivity contribution is 6.02. The van der Waals surface area contributed by atoms with E-state index in [0.717, 1.165) is 23.4 Å². The summed E-state index contributed by atoms with van der Waals surface area (Å²) in [5.41, 5.74) is 11.1. The average Bonchev–Trinajstić information content (AvgIpc) is 2.48. The van der Waals surface area contributed by atoms with E-state index in [2.05, 4.69) is 29.1 Å². The first-order valence-corrected chi connectivity index (χ1v) is 6.87. The molecule has 21 heavy (non-hydrogen) atoms. The molecule has 0 aliphatic heterocycles. The molecule has 0 fully saturated rings. The van der Waals surface area contributed by atoms with E-state index in [-0.39, 0.29) is 5.84 Å². The largest absolute Gasteiger partial charge is 0.409 e. The van der Waals surface area contributed by atoms with Gasteiger partial charge in [0.2, 0.25) is 0 Å². The second-order valence-corrected chi connectivity index (χ2v) is 5.29. The predicted molar refractivity (Wildman–Crippen MR) is 87.0 cm³/mol. The molecule has 2 rings (SSSR count). The van der Waals surface area contributed by atoms with Crippen LogP contribution in [0.25, 0.3) is 0 Å². The van der Waals surface area contributed by atoms with E-state index in [0.29, 0.717) is 0 Å². The molecule has 0 heterocycles. The lowest BCUT2D eigenvalue weighted by atomic mass is 10.1. The van der Waals surface area contributed by atoms with Crippen molar-refractivity contribution >= 4 is 11.5 Å². The van der Waals surface area contributed by atoms with Crippen LogP contribution >= 0.6 is 0 Å². The zero-order valence-corrected chi connectivity index (χ0v) is 12.7. The molecule has 0 saturated carbocycles. The molecule has 0 radical (unpaired) electrons. The Kier molecular flexibility index (Phi) is 4.48. The van der Waals surface area contributed by atoms with Crippen molar-refractivity contribution < 1.29 is 5.21 Å². The van der Waals surface area contributed by atoms with Crippen molar-refractivity contribution in [2.45, 2.75) is 20.4 Å². The van der Waals surface area contributed by atoms with Gasteiger partial charge in [-0.2, -0.15) is 0 Å². The lowest BCUT2D eigenvalue weighted by Gasteiger charge is -2.23. The Bertz CT molecular complexity index is 665. The van der Waals surface area contributed by atoms with Gasteiger partial charge in [-0.25, -0.2) is 0 Å². The van der Waals surface area contributed by atoms with Crippen molar-refractivity contribution in [1.82, 2.24) is 0 Å². The number of anilines is 1. The highest BCUT2D eigenvalue weighted by Gasteiger charge is 2.12. The minimum Gasteiger partial charge on any atom is -0.409 e. The second-order valence-electron chi connectivity index (χ2n) is 5.29. The summed E-state index contributed by atoms with van der Waals surface area (Å²) in [6.45, 7) is 4.90. The van der Waals surface area contributed by atoms with Gasteiger partial charge in [-0.1, -0.05) is 35.5 Å². The van der Waals surface area contributed by atoms with Crippen LogP contribution < -0.4 is 10.6 Å². The van der Waals surface area contributed by atoms with Gasteiger partial charge >= 0.3 is 0 Å². The van der Waals surface area contributed by atoms with Gasteiger partial charge < -0.3 is 15.8 Å². The number of rotatable bonds is 4. The summed E-state index contributed by atoms with van der Waals surface area (Å²) in [5.74, 6) is 0.127. The molecule has 110 valence electrons. The number of oxime groups is 1. The third kappa shape index (κ3) is 3.34. The van der Waals surface area contributed by atoms with Crippen LogP contribution in [0.15, 0.2) is 47.6 Å². The number of benzene rings is 2. The Morgan fingerprint density at radius 2 is 1.90 bits per heavy atom. The fourth-order valence-corrected chi connectivity index (χ4v) is 2.36. The highest BCUT2D eigenvalue weighted by atomic mass is 16.4. The molecule has 0 aliphatic rings. The standard InChI is InChI=1S/C17H21N3O/c1-12-8-9-15(17(18)19-21)16(10-12)20(3)11-14-7-5-4-6-13(14)2/h4-10,21H,11H2,1-3H3,(H2,18,19). The van der Waals surface area contributed by atoms with E-state index in [9.17, 15) is 0 Å². The summed E-state index contributed by atoms with van der Waals surface area (Å²) in [7, 11) is 2.01. The van der Waals surface area contributed by atoms with Gasteiger partial charge in [0.05, 0.1) is 0 Å². The molecule has 0 spiro atoms. The van der Waals surface area contributed by atoms with E-state index in [4.69, 9.17) is 10.9 Å². The molecule has 0 amide bonds. The maximum absolute atomic E-state index is 8.94. The van der Waals surface area contributed by atoms with Gasteiger partial charge in [0.1, 0.15) is 0 Å². The number of aryl methyl sites for hydroxylation is 2. The van der Waals surface area contributed by atoms with Gasteiger partial charge in [0.15, 0.2) is 5.84 Å². The molecule has 4 nitrogen and oxygen atoms in total. The lowest BCUT2D eigenvalue weighted by molar-refractivity contribution is 0.318. The molecular formula is C17H21N3O. The van der Waals surface area contributed by atoms with Crippen LogP contribution in [0.2, 0.25) is 0 Å². The summed E-state index contributed by atoms with van der Waals surface area (Å²) in [6.07, 6.45) is 0. The van der Waals surface area contributed by atoms with Gasteiger partial charge in [-0.3, -0.25) is 0 Å². The molecule has 0 aliphatic carbocycles. The van der Waals surface area contributed by atoms with Gasteiger partial charge in [0.25, 0.3) is 0 Å². The fraction of sp³-hybridized carbons (Fsp3) is 0.235. The molecule has 0 aromatic heterocycles. The Hall–Kier alpha value is -2.49. The normalized spacial score (nSPS) is 11.5.